The molecule has 0 amide bonds. The molecule has 1 heterocycles. The van der Waals surface area contributed by atoms with Crippen LogP contribution in [-0.2, 0) is 5.41 Å². The maximum Gasteiger partial charge on any atom is 0.231 e. The molecule has 5 nitrogen and oxygen atoms in total. The van der Waals surface area contributed by atoms with Crippen molar-refractivity contribution in [2.24, 2.45) is 4.99 Å². The SMILES string of the molecule is CCNC(=NCC1(c2ccc3c(c2)OCO3)CC1)NC1CC1.I. The predicted molar refractivity (Wildman–Crippen MR) is 101 cm³/mol. The highest BCUT2D eigenvalue weighted by Gasteiger charge is 2.44. The van der Waals surface area contributed by atoms with Crippen LogP contribution in [0.25, 0.3) is 0 Å². The van der Waals surface area contributed by atoms with Crippen molar-refractivity contribution in [1.82, 2.24) is 10.6 Å². The number of nitrogens with one attached hydrogen (secondary N) is 2. The zero-order chi connectivity index (χ0) is 15.0. The second kappa shape index (κ2) is 6.75. The van der Waals surface area contributed by atoms with Crippen LogP contribution in [0.15, 0.2) is 23.2 Å². The molecule has 1 aromatic carbocycles. The van der Waals surface area contributed by atoms with Crippen molar-refractivity contribution in [3.05, 3.63) is 23.8 Å². The van der Waals surface area contributed by atoms with Gasteiger partial charge in [0.25, 0.3) is 0 Å². The Kier molecular flexibility index (Phi) is 4.89. The van der Waals surface area contributed by atoms with Gasteiger partial charge in [-0.15, -0.1) is 24.0 Å². The summed E-state index contributed by atoms with van der Waals surface area (Å²) in [7, 11) is 0. The molecule has 2 N–H and O–H groups in total. The normalized spacial score (nSPS) is 20.7. The first kappa shape index (κ1) is 16.7. The molecule has 2 saturated carbocycles. The second-order valence-electron chi connectivity index (χ2n) is 6.46. The van der Waals surface area contributed by atoms with E-state index in [9.17, 15) is 0 Å². The van der Waals surface area contributed by atoms with Crippen molar-refractivity contribution in [3.63, 3.8) is 0 Å². The molecule has 2 aliphatic carbocycles. The molecule has 0 atom stereocenters. The maximum atomic E-state index is 5.50. The number of guanidine groups is 1. The number of rotatable bonds is 5. The summed E-state index contributed by atoms with van der Waals surface area (Å²) in [6.45, 7) is 4.17. The number of hydrogen-bond acceptors (Lipinski definition) is 3. The van der Waals surface area contributed by atoms with Gasteiger partial charge in [-0.05, 0) is 50.3 Å². The minimum absolute atomic E-state index is 0. The first-order valence-corrected chi connectivity index (χ1v) is 8.24. The van der Waals surface area contributed by atoms with Gasteiger partial charge >= 0.3 is 0 Å². The van der Waals surface area contributed by atoms with E-state index in [1.54, 1.807) is 0 Å². The molecule has 4 rings (SSSR count). The third kappa shape index (κ3) is 3.67. The minimum Gasteiger partial charge on any atom is -0.454 e. The third-order valence-corrected chi connectivity index (χ3v) is 4.64. The Labute approximate surface area is 154 Å². The molecule has 3 aliphatic rings. The number of ether oxygens (including phenoxy) is 2. The molecular weight excluding hydrogens is 405 g/mol. The van der Waals surface area contributed by atoms with Crippen molar-refractivity contribution in [2.45, 2.75) is 44.1 Å². The van der Waals surface area contributed by atoms with Crippen molar-refractivity contribution in [3.8, 4) is 11.5 Å². The number of benzene rings is 1. The van der Waals surface area contributed by atoms with E-state index >= 15 is 0 Å². The molecule has 0 radical (unpaired) electrons. The van der Waals surface area contributed by atoms with E-state index in [4.69, 9.17) is 14.5 Å². The summed E-state index contributed by atoms with van der Waals surface area (Å²) < 4.78 is 10.9. The molecule has 0 aromatic heterocycles. The zero-order valence-corrected chi connectivity index (χ0v) is 15.8. The van der Waals surface area contributed by atoms with Gasteiger partial charge in [0.1, 0.15) is 0 Å². The summed E-state index contributed by atoms with van der Waals surface area (Å²) in [5.74, 6) is 2.68. The summed E-state index contributed by atoms with van der Waals surface area (Å²) in [4.78, 5) is 4.82. The first-order chi connectivity index (χ1) is 10.8. The minimum atomic E-state index is 0. The molecule has 0 spiro atoms. The van der Waals surface area contributed by atoms with E-state index in [0.29, 0.717) is 12.8 Å². The molecule has 0 saturated heterocycles. The van der Waals surface area contributed by atoms with E-state index in [0.717, 1.165) is 30.5 Å². The summed E-state index contributed by atoms with van der Waals surface area (Å²) >= 11 is 0. The van der Waals surface area contributed by atoms with Crippen LogP contribution >= 0.6 is 24.0 Å². The number of nitrogens with zero attached hydrogens (tertiary/aromatic N) is 1. The van der Waals surface area contributed by atoms with Crippen molar-refractivity contribution >= 4 is 29.9 Å². The fourth-order valence-corrected chi connectivity index (χ4v) is 2.89. The summed E-state index contributed by atoms with van der Waals surface area (Å²) in [6.07, 6.45) is 4.91. The molecule has 1 aliphatic heterocycles. The highest BCUT2D eigenvalue weighted by atomic mass is 127. The van der Waals surface area contributed by atoms with Gasteiger partial charge in [0.2, 0.25) is 6.79 Å². The van der Waals surface area contributed by atoms with Crippen LogP contribution in [0.2, 0.25) is 0 Å². The van der Waals surface area contributed by atoms with Gasteiger partial charge in [0.15, 0.2) is 17.5 Å². The van der Waals surface area contributed by atoms with E-state index in [-0.39, 0.29) is 29.4 Å². The lowest BCUT2D eigenvalue weighted by Crippen LogP contribution is -2.39. The second-order valence-corrected chi connectivity index (χ2v) is 6.46. The van der Waals surface area contributed by atoms with Crippen LogP contribution in [0.4, 0.5) is 0 Å². The van der Waals surface area contributed by atoms with Gasteiger partial charge in [-0.25, -0.2) is 0 Å². The van der Waals surface area contributed by atoms with Gasteiger partial charge in [-0.3, -0.25) is 4.99 Å². The Morgan fingerprint density at radius 1 is 1.26 bits per heavy atom. The number of hydrogen-bond donors (Lipinski definition) is 2. The highest BCUT2D eigenvalue weighted by Crippen LogP contribution is 2.50. The summed E-state index contributed by atoms with van der Waals surface area (Å²) in [5, 5.41) is 6.82. The van der Waals surface area contributed by atoms with Crippen LogP contribution < -0.4 is 20.1 Å². The third-order valence-electron chi connectivity index (χ3n) is 4.64. The monoisotopic (exact) mass is 429 g/mol. The fraction of sp³-hybridized carbons (Fsp3) is 0.588. The van der Waals surface area contributed by atoms with Crippen molar-refractivity contribution in [1.29, 1.82) is 0 Å². The van der Waals surface area contributed by atoms with E-state index in [1.807, 2.05) is 6.07 Å². The largest absolute Gasteiger partial charge is 0.454 e. The van der Waals surface area contributed by atoms with Crippen LogP contribution in [0.3, 0.4) is 0 Å². The maximum absolute atomic E-state index is 5.50. The van der Waals surface area contributed by atoms with Gasteiger partial charge in [-0.2, -0.15) is 0 Å². The van der Waals surface area contributed by atoms with Gasteiger partial charge in [0.05, 0.1) is 6.54 Å². The zero-order valence-electron chi connectivity index (χ0n) is 13.4. The summed E-state index contributed by atoms with van der Waals surface area (Å²) in [6, 6.07) is 6.94. The molecule has 0 unspecified atom stereocenters. The molecule has 2 fully saturated rings. The van der Waals surface area contributed by atoms with Crippen LogP contribution in [0.1, 0.15) is 38.2 Å². The number of halogens is 1. The molecule has 1 aromatic rings. The fourth-order valence-electron chi connectivity index (χ4n) is 2.89. The molecule has 23 heavy (non-hydrogen) atoms. The van der Waals surface area contributed by atoms with E-state index < -0.39 is 0 Å². The van der Waals surface area contributed by atoms with Gasteiger partial charge in [0, 0.05) is 18.0 Å². The van der Waals surface area contributed by atoms with Crippen molar-refractivity contribution < 1.29 is 9.47 Å². The number of aliphatic imine (C=N–C) groups is 1. The Hall–Kier alpha value is -1.18. The van der Waals surface area contributed by atoms with E-state index in [2.05, 4.69) is 29.7 Å². The topological polar surface area (TPSA) is 54.9 Å². The lowest BCUT2D eigenvalue weighted by Gasteiger charge is -2.16. The quantitative estimate of drug-likeness (QED) is 0.430. The van der Waals surface area contributed by atoms with Crippen LogP contribution in [0.5, 0.6) is 11.5 Å². The standard InChI is InChI=1S/C17H23N3O2.HI/c1-2-18-16(20-13-4-5-13)19-10-17(7-8-17)12-3-6-14-15(9-12)22-11-21-14;/h3,6,9,13H,2,4-5,7-8,10-11H2,1H3,(H2,18,19,20);1H. The molecule has 0 bridgehead atoms. The average molecular weight is 429 g/mol. The molecular formula is C17H24IN3O2. The predicted octanol–water partition coefficient (Wildman–Crippen LogP) is 2.78. The first-order valence-electron chi connectivity index (χ1n) is 8.24. The van der Waals surface area contributed by atoms with Gasteiger partial charge < -0.3 is 20.1 Å². The average Bonchev–Trinajstić information content (AvgIpc) is 3.44. The Morgan fingerprint density at radius 3 is 2.74 bits per heavy atom. The smallest absolute Gasteiger partial charge is 0.231 e. The lowest BCUT2D eigenvalue weighted by molar-refractivity contribution is 0.174. The lowest BCUT2D eigenvalue weighted by atomic mass is 9.96. The van der Waals surface area contributed by atoms with Crippen molar-refractivity contribution in [2.75, 3.05) is 19.9 Å². The number of fused-ring (bicyclic) bond motifs is 1. The molecule has 6 heteroatoms. The van der Waals surface area contributed by atoms with Crippen LogP contribution in [0, 0.1) is 0 Å². The van der Waals surface area contributed by atoms with E-state index in [1.165, 1.54) is 31.2 Å². The Bertz CT molecular complexity index is 598. The summed E-state index contributed by atoms with van der Waals surface area (Å²) in [5.41, 5.74) is 1.51. The highest BCUT2D eigenvalue weighted by molar-refractivity contribution is 14.0. The Morgan fingerprint density at radius 2 is 2.04 bits per heavy atom. The molecule has 126 valence electrons. The Balaban J connectivity index is 0.00000156. The van der Waals surface area contributed by atoms with Gasteiger partial charge in [-0.1, -0.05) is 6.07 Å². The van der Waals surface area contributed by atoms with Crippen LogP contribution in [-0.4, -0.2) is 31.9 Å².